The molecule has 0 bridgehead atoms. The van der Waals surface area contributed by atoms with Crippen LogP contribution in [0.4, 0.5) is 5.69 Å². The zero-order valence-electron chi connectivity index (χ0n) is 22.8. The van der Waals surface area contributed by atoms with E-state index in [-0.39, 0.29) is 28.8 Å². The van der Waals surface area contributed by atoms with Crippen molar-refractivity contribution in [1.29, 1.82) is 0 Å². The van der Waals surface area contributed by atoms with Gasteiger partial charge >= 0.3 is 0 Å². The number of benzene rings is 3. The molecule has 0 radical (unpaired) electrons. The fourth-order valence-corrected chi connectivity index (χ4v) is 5.86. The molecule has 0 fully saturated rings. The van der Waals surface area contributed by atoms with E-state index in [1.165, 1.54) is 29.1 Å². The van der Waals surface area contributed by atoms with Gasteiger partial charge in [0, 0.05) is 0 Å². The van der Waals surface area contributed by atoms with E-state index in [0.29, 0.717) is 17.2 Å². The van der Waals surface area contributed by atoms with Gasteiger partial charge < -0.3 is 14.8 Å². The van der Waals surface area contributed by atoms with E-state index < -0.39 is 16.1 Å². The maximum Gasteiger partial charge on any atom is 0.264 e. The second-order valence-electron chi connectivity index (χ2n) is 10.6. The van der Waals surface area contributed by atoms with Gasteiger partial charge in [-0.05, 0) is 71.8 Å². The smallest absolute Gasteiger partial charge is 0.264 e. The summed E-state index contributed by atoms with van der Waals surface area (Å²) in [6, 6.07) is 19.5. The summed E-state index contributed by atoms with van der Waals surface area (Å²) in [5.74, 6) is 0.526. The minimum atomic E-state index is -4.00. The van der Waals surface area contributed by atoms with Crippen LogP contribution < -0.4 is 19.1 Å². The molecule has 3 aromatic rings. The third kappa shape index (κ3) is 5.65. The average Bonchev–Trinajstić information content (AvgIpc) is 2.91. The second-order valence-corrected chi connectivity index (χ2v) is 12.4. The Morgan fingerprint density at radius 1 is 1.08 bits per heavy atom. The Kier molecular flexibility index (Phi) is 7.74. The van der Waals surface area contributed by atoms with Gasteiger partial charge in [-0.3, -0.25) is 9.10 Å². The first kappa shape index (κ1) is 27.5. The number of anilines is 1. The highest BCUT2D eigenvalue weighted by Gasteiger charge is 2.38. The number of hydrogen-bond donors (Lipinski definition) is 1. The maximum absolute atomic E-state index is 13.9. The first-order valence-corrected chi connectivity index (χ1v) is 14.2. The number of amides is 1. The van der Waals surface area contributed by atoms with Gasteiger partial charge in [0.05, 0.1) is 30.3 Å². The van der Waals surface area contributed by atoms with Crippen molar-refractivity contribution < 1.29 is 22.7 Å². The fourth-order valence-electron chi connectivity index (χ4n) is 4.39. The molecule has 0 spiro atoms. The van der Waals surface area contributed by atoms with Crippen LogP contribution in [0.2, 0.25) is 0 Å². The molecule has 38 heavy (non-hydrogen) atoms. The van der Waals surface area contributed by atoms with Gasteiger partial charge in [0.1, 0.15) is 11.5 Å². The van der Waals surface area contributed by atoms with E-state index in [1.54, 1.807) is 18.2 Å². The molecule has 0 saturated carbocycles. The monoisotopic (exact) mass is 536 g/mol. The molecular formula is C30H36N2O5S. The summed E-state index contributed by atoms with van der Waals surface area (Å²) in [5.41, 5.74) is 3.35. The number of methoxy groups -OCH3 is 1. The molecule has 1 amide bonds. The maximum atomic E-state index is 13.9. The van der Waals surface area contributed by atoms with E-state index >= 15 is 0 Å². The predicted molar refractivity (Wildman–Crippen MR) is 149 cm³/mol. The van der Waals surface area contributed by atoms with Crippen molar-refractivity contribution in [1.82, 2.24) is 5.32 Å². The van der Waals surface area contributed by atoms with Crippen LogP contribution in [0.15, 0.2) is 71.6 Å². The van der Waals surface area contributed by atoms with Crippen molar-refractivity contribution in [3.05, 3.63) is 83.4 Å². The van der Waals surface area contributed by atoms with Crippen LogP contribution in [0.5, 0.6) is 11.5 Å². The number of fused-ring (bicyclic) bond motifs is 1. The molecule has 1 aliphatic rings. The molecule has 2 atom stereocenters. The summed E-state index contributed by atoms with van der Waals surface area (Å²) in [7, 11) is -2.47. The lowest BCUT2D eigenvalue weighted by Gasteiger charge is -2.36. The molecule has 0 aliphatic carbocycles. The molecule has 202 valence electrons. The van der Waals surface area contributed by atoms with Crippen LogP contribution in [0, 0.1) is 0 Å². The van der Waals surface area contributed by atoms with Crippen LogP contribution in [0.25, 0.3) is 0 Å². The highest BCUT2D eigenvalue weighted by Crippen LogP contribution is 2.40. The van der Waals surface area contributed by atoms with Gasteiger partial charge in [-0.1, -0.05) is 58.0 Å². The first-order valence-electron chi connectivity index (χ1n) is 12.8. The van der Waals surface area contributed by atoms with Crippen molar-refractivity contribution in [2.24, 2.45) is 0 Å². The Hall–Kier alpha value is -3.52. The fraction of sp³-hybridized carbons (Fsp3) is 0.367. The summed E-state index contributed by atoms with van der Waals surface area (Å²) < 4.78 is 40.3. The molecule has 8 heteroatoms. The highest BCUT2D eigenvalue weighted by atomic mass is 32.2. The zero-order chi connectivity index (χ0) is 27.7. The lowest BCUT2D eigenvalue weighted by Crippen LogP contribution is -2.51. The molecule has 1 heterocycles. The summed E-state index contributed by atoms with van der Waals surface area (Å²) >= 11 is 0. The Morgan fingerprint density at radius 2 is 1.74 bits per heavy atom. The first-order chi connectivity index (χ1) is 17.9. The third-order valence-corrected chi connectivity index (χ3v) is 8.68. The minimum absolute atomic E-state index is 0.107. The van der Waals surface area contributed by atoms with Crippen LogP contribution >= 0.6 is 0 Å². The van der Waals surface area contributed by atoms with E-state index in [9.17, 15) is 13.2 Å². The zero-order valence-corrected chi connectivity index (χ0v) is 23.6. The summed E-state index contributed by atoms with van der Waals surface area (Å²) in [4.78, 5) is 13.5. The lowest BCUT2D eigenvalue weighted by molar-refractivity contribution is -0.128. The average molecular weight is 537 g/mol. The van der Waals surface area contributed by atoms with Crippen molar-refractivity contribution in [2.75, 3.05) is 18.0 Å². The highest BCUT2D eigenvalue weighted by molar-refractivity contribution is 7.92. The van der Waals surface area contributed by atoms with Gasteiger partial charge in [-0.2, -0.15) is 0 Å². The van der Waals surface area contributed by atoms with Crippen molar-refractivity contribution in [2.45, 2.75) is 63.5 Å². The van der Waals surface area contributed by atoms with Crippen LogP contribution in [0.1, 0.15) is 57.4 Å². The van der Waals surface area contributed by atoms with E-state index in [0.717, 1.165) is 17.5 Å². The Labute approximate surface area is 225 Å². The normalized spacial score (nSPS) is 16.3. The summed E-state index contributed by atoms with van der Waals surface area (Å²) in [6.45, 7) is 10.0. The van der Waals surface area contributed by atoms with E-state index in [4.69, 9.17) is 9.47 Å². The standard InChI is InChI=1S/C30H36N2O5S/c1-7-21-8-10-22(11-9-21)20(2)31-29(33)28-19-32(38(34,35)25-15-13-24(36-6)14-16-25)26-18-23(30(3,4)5)12-17-27(26)37-28/h8-18,20,28H,7,19H2,1-6H3,(H,31,33)/t20-,28-/m0/s1. The SMILES string of the molecule is CCc1ccc([C@H](C)NC(=O)[C@@H]2CN(S(=O)(=O)c3ccc(OC)cc3)c3cc(C(C)(C)C)ccc3O2)cc1. The minimum Gasteiger partial charge on any atom is -0.497 e. The van der Waals surface area contributed by atoms with Crippen molar-refractivity contribution >= 4 is 21.6 Å². The molecule has 7 nitrogen and oxygen atoms in total. The second kappa shape index (κ2) is 10.7. The van der Waals surface area contributed by atoms with Gasteiger partial charge in [0.2, 0.25) is 0 Å². The Bertz CT molecular complexity index is 1390. The number of ether oxygens (including phenoxy) is 2. The Balaban J connectivity index is 1.67. The van der Waals surface area contributed by atoms with Gasteiger partial charge in [-0.25, -0.2) is 8.42 Å². The molecule has 4 rings (SSSR count). The molecule has 1 aliphatic heterocycles. The van der Waals surface area contributed by atoms with Crippen LogP contribution in [0.3, 0.4) is 0 Å². The Morgan fingerprint density at radius 3 is 2.32 bits per heavy atom. The number of hydrogen-bond acceptors (Lipinski definition) is 5. The summed E-state index contributed by atoms with van der Waals surface area (Å²) in [6.07, 6.45) is -0.0837. The number of carbonyl (C=O) groups excluding carboxylic acids is 1. The number of sulfonamides is 1. The largest absolute Gasteiger partial charge is 0.497 e. The van der Waals surface area contributed by atoms with Gasteiger partial charge in [-0.15, -0.1) is 0 Å². The number of rotatable bonds is 7. The van der Waals surface area contributed by atoms with Crippen LogP contribution in [-0.2, 0) is 26.7 Å². The summed E-state index contributed by atoms with van der Waals surface area (Å²) in [5, 5.41) is 2.99. The number of nitrogens with zero attached hydrogens (tertiary/aromatic N) is 1. The molecule has 0 saturated heterocycles. The third-order valence-electron chi connectivity index (χ3n) is 6.88. The molecule has 0 aromatic heterocycles. The molecule has 3 aromatic carbocycles. The molecule has 0 unspecified atom stereocenters. The lowest BCUT2D eigenvalue weighted by atomic mass is 9.86. The molecular weight excluding hydrogens is 500 g/mol. The number of aryl methyl sites for hydroxylation is 1. The van der Waals surface area contributed by atoms with Gasteiger partial charge in [0.25, 0.3) is 15.9 Å². The molecule has 1 N–H and O–H groups in total. The van der Waals surface area contributed by atoms with E-state index in [1.807, 2.05) is 43.3 Å². The van der Waals surface area contributed by atoms with Crippen molar-refractivity contribution in [3.8, 4) is 11.5 Å². The van der Waals surface area contributed by atoms with Crippen molar-refractivity contribution in [3.63, 3.8) is 0 Å². The van der Waals surface area contributed by atoms with Crippen LogP contribution in [-0.4, -0.2) is 34.1 Å². The van der Waals surface area contributed by atoms with E-state index in [2.05, 4.69) is 33.0 Å². The predicted octanol–water partition coefficient (Wildman–Crippen LogP) is 5.39. The quantitative estimate of drug-likeness (QED) is 0.438. The topological polar surface area (TPSA) is 84.9 Å². The number of nitrogens with one attached hydrogen (secondary N) is 1. The number of carbonyl (C=O) groups is 1. The van der Waals surface area contributed by atoms with Gasteiger partial charge in [0.15, 0.2) is 6.10 Å².